The molecule has 28 heavy (non-hydrogen) atoms. The number of carbonyl (C=O) groups excluding carboxylic acids is 1. The van der Waals surface area contributed by atoms with E-state index in [0.29, 0.717) is 39.5 Å². The van der Waals surface area contributed by atoms with Crippen LogP contribution in [0.5, 0.6) is 0 Å². The fourth-order valence-electron chi connectivity index (χ4n) is 3.07. The molecule has 2 heterocycles. The van der Waals surface area contributed by atoms with Gasteiger partial charge in [-0.1, -0.05) is 54.1 Å². The summed E-state index contributed by atoms with van der Waals surface area (Å²) in [5.74, 6) is -0.246. The van der Waals surface area contributed by atoms with E-state index in [1.807, 2.05) is 30.3 Å². The van der Waals surface area contributed by atoms with E-state index in [9.17, 15) is 13.2 Å². The summed E-state index contributed by atoms with van der Waals surface area (Å²) in [6, 6.07) is 9.14. The SMILES string of the molecule is Cc1nn(C)c(Cl)c1C=CCS(=O)(=O)n1cc(C=O)c(C)c1-c1ccccc1. The van der Waals surface area contributed by atoms with Crippen LogP contribution in [0.3, 0.4) is 0 Å². The molecule has 0 N–H and O–H groups in total. The summed E-state index contributed by atoms with van der Waals surface area (Å²) in [5.41, 5.74) is 3.59. The predicted octanol–water partition coefficient (Wildman–Crippen LogP) is 3.86. The number of hydrogen-bond acceptors (Lipinski definition) is 4. The summed E-state index contributed by atoms with van der Waals surface area (Å²) in [6.45, 7) is 3.55. The van der Waals surface area contributed by atoms with Gasteiger partial charge in [0.25, 0.3) is 0 Å². The molecule has 0 atom stereocenters. The van der Waals surface area contributed by atoms with Crippen LogP contribution >= 0.6 is 11.6 Å². The van der Waals surface area contributed by atoms with Gasteiger partial charge in [-0.2, -0.15) is 5.10 Å². The molecule has 0 aliphatic rings. The number of carbonyl (C=O) groups is 1. The third-order valence-electron chi connectivity index (χ3n) is 4.53. The third-order valence-corrected chi connectivity index (χ3v) is 6.48. The molecular weight excluding hydrogens is 398 g/mol. The number of aldehydes is 1. The molecule has 0 saturated heterocycles. The van der Waals surface area contributed by atoms with Gasteiger partial charge >= 0.3 is 0 Å². The summed E-state index contributed by atoms with van der Waals surface area (Å²) in [4.78, 5) is 11.4. The Hall–Kier alpha value is -2.64. The van der Waals surface area contributed by atoms with Crippen LogP contribution in [0.4, 0.5) is 0 Å². The highest BCUT2D eigenvalue weighted by Gasteiger charge is 2.22. The van der Waals surface area contributed by atoms with Gasteiger partial charge in [0.1, 0.15) is 5.15 Å². The molecule has 0 saturated carbocycles. The Bertz CT molecular complexity index is 1160. The minimum atomic E-state index is -3.74. The van der Waals surface area contributed by atoms with Crippen molar-refractivity contribution in [3.63, 3.8) is 0 Å². The van der Waals surface area contributed by atoms with E-state index in [-0.39, 0.29) is 5.75 Å². The molecule has 0 aliphatic heterocycles. The molecule has 1 aromatic carbocycles. The molecular formula is C20H20ClN3O3S. The van der Waals surface area contributed by atoms with E-state index in [1.54, 1.807) is 27.0 Å². The van der Waals surface area contributed by atoms with Crippen molar-refractivity contribution in [2.75, 3.05) is 5.75 Å². The van der Waals surface area contributed by atoms with Crippen molar-refractivity contribution < 1.29 is 13.2 Å². The molecule has 0 aliphatic carbocycles. The van der Waals surface area contributed by atoms with Crippen LogP contribution < -0.4 is 0 Å². The lowest BCUT2D eigenvalue weighted by Gasteiger charge is -2.10. The summed E-state index contributed by atoms with van der Waals surface area (Å²) in [7, 11) is -2.02. The number of benzene rings is 1. The Labute approximate surface area is 169 Å². The Morgan fingerprint density at radius 1 is 1.18 bits per heavy atom. The van der Waals surface area contributed by atoms with Gasteiger partial charge in [0.05, 0.1) is 17.1 Å². The van der Waals surface area contributed by atoms with Gasteiger partial charge < -0.3 is 0 Å². The molecule has 0 fully saturated rings. The van der Waals surface area contributed by atoms with Gasteiger partial charge in [-0.05, 0) is 25.0 Å². The van der Waals surface area contributed by atoms with Crippen LogP contribution in [0.1, 0.15) is 27.2 Å². The lowest BCUT2D eigenvalue weighted by Crippen LogP contribution is -2.15. The number of hydrogen-bond donors (Lipinski definition) is 0. The number of rotatable bonds is 6. The molecule has 0 radical (unpaired) electrons. The fourth-order valence-corrected chi connectivity index (χ4v) is 4.60. The fraction of sp³-hybridized carbons (Fsp3) is 0.200. The van der Waals surface area contributed by atoms with Gasteiger partial charge in [0.15, 0.2) is 6.29 Å². The molecule has 6 nitrogen and oxygen atoms in total. The van der Waals surface area contributed by atoms with Gasteiger partial charge in [-0.3, -0.25) is 9.48 Å². The van der Waals surface area contributed by atoms with E-state index >= 15 is 0 Å². The molecule has 0 unspecified atom stereocenters. The molecule has 0 bridgehead atoms. The van der Waals surface area contributed by atoms with Crippen molar-refractivity contribution in [1.29, 1.82) is 0 Å². The van der Waals surface area contributed by atoms with Crippen molar-refractivity contribution in [1.82, 2.24) is 13.8 Å². The Kier molecular flexibility index (Phi) is 5.58. The standard InChI is InChI=1S/C20H20ClN3O3S/c1-14-17(13-25)12-24(19(14)16-8-5-4-6-9-16)28(26,27)11-7-10-18-15(2)22-23(3)20(18)21/h4-10,12-13H,11H2,1-3H3. The highest BCUT2D eigenvalue weighted by Crippen LogP contribution is 2.29. The maximum absolute atomic E-state index is 13.0. The van der Waals surface area contributed by atoms with Crippen LogP contribution in [-0.2, 0) is 17.1 Å². The second-order valence-corrected chi connectivity index (χ2v) is 8.68. The topological polar surface area (TPSA) is 74.0 Å². The van der Waals surface area contributed by atoms with Crippen LogP contribution in [0.15, 0.2) is 42.6 Å². The molecule has 8 heteroatoms. The third kappa shape index (κ3) is 3.68. The second kappa shape index (κ2) is 7.77. The van der Waals surface area contributed by atoms with E-state index in [4.69, 9.17) is 11.6 Å². The van der Waals surface area contributed by atoms with Crippen molar-refractivity contribution in [2.24, 2.45) is 7.05 Å². The molecule has 0 spiro atoms. The lowest BCUT2D eigenvalue weighted by atomic mass is 10.1. The first kappa shape index (κ1) is 20.1. The first-order valence-corrected chi connectivity index (χ1v) is 10.6. The number of nitrogens with zero attached hydrogens (tertiary/aromatic N) is 3. The normalized spacial score (nSPS) is 12.0. The molecule has 146 valence electrons. The van der Waals surface area contributed by atoms with E-state index < -0.39 is 10.0 Å². The maximum Gasteiger partial charge on any atom is 0.242 e. The van der Waals surface area contributed by atoms with E-state index in [0.717, 1.165) is 5.56 Å². The zero-order valence-corrected chi connectivity index (χ0v) is 17.3. The lowest BCUT2D eigenvalue weighted by molar-refractivity contribution is 0.112. The zero-order valence-electron chi connectivity index (χ0n) is 15.8. The number of aromatic nitrogens is 3. The highest BCUT2D eigenvalue weighted by molar-refractivity contribution is 7.90. The molecule has 0 amide bonds. The second-order valence-electron chi connectivity index (χ2n) is 6.43. The van der Waals surface area contributed by atoms with Crippen LogP contribution in [0, 0.1) is 13.8 Å². The van der Waals surface area contributed by atoms with Crippen LogP contribution in [0.2, 0.25) is 5.15 Å². The summed E-state index contributed by atoms with van der Waals surface area (Å²) in [5, 5.41) is 4.64. The monoisotopic (exact) mass is 417 g/mol. The van der Waals surface area contributed by atoms with Crippen molar-refractivity contribution in [2.45, 2.75) is 13.8 Å². The summed E-state index contributed by atoms with van der Waals surface area (Å²) in [6.07, 6.45) is 5.23. The minimum Gasteiger partial charge on any atom is -0.298 e. The van der Waals surface area contributed by atoms with Crippen molar-refractivity contribution in [3.8, 4) is 11.3 Å². The van der Waals surface area contributed by atoms with Gasteiger partial charge in [-0.25, -0.2) is 12.4 Å². The smallest absolute Gasteiger partial charge is 0.242 e. The van der Waals surface area contributed by atoms with Crippen molar-refractivity contribution in [3.05, 3.63) is 70.1 Å². The summed E-state index contributed by atoms with van der Waals surface area (Å²) >= 11 is 6.18. The quantitative estimate of drug-likeness (QED) is 0.571. The average molecular weight is 418 g/mol. The Balaban J connectivity index is 2.00. The van der Waals surface area contributed by atoms with Crippen molar-refractivity contribution >= 4 is 34.0 Å². The molecule has 3 rings (SSSR count). The maximum atomic E-state index is 13.0. The van der Waals surface area contributed by atoms with Crippen LogP contribution in [-0.4, -0.2) is 34.2 Å². The summed E-state index contributed by atoms with van der Waals surface area (Å²) < 4.78 is 28.7. The Morgan fingerprint density at radius 2 is 1.86 bits per heavy atom. The highest BCUT2D eigenvalue weighted by atomic mass is 35.5. The first-order chi connectivity index (χ1) is 13.3. The average Bonchev–Trinajstić information content (AvgIpc) is 3.13. The predicted molar refractivity (Wildman–Crippen MR) is 111 cm³/mol. The van der Waals surface area contributed by atoms with Gasteiger partial charge in [-0.15, -0.1) is 0 Å². The minimum absolute atomic E-state index is 0.246. The molecule has 3 aromatic rings. The van der Waals surface area contributed by atoms with Crippen LogP contribution in [0.25, 0.3) is 17.3 Å². The van der Waals surface area contributed by atoms with Gasteiger partial charge in [0, 0.05) is 24.4 Å². The zero-order chi connectivity index (χ0) is 20.5. The van der Waals surface area contributed by atoms with Gasteiger partial charge in [0.2, 0.25) is 10.0 Å². The van der Waals surface area contributed by atoms with E-state index in [1.165, 1.54) is 20.9 Å². The van der Waals surface area contributed by atoms with E-state index in [2.05, 4.69) is 5.10 Å². The Morgan fingerprint density at radius 3 is 2.43 bits per heavy atom. The number of halogens is 1. The molecule has 2 aromatic heterocycles. The first-order valence-electron chi connectivity index (χ1n) is 8.57. The largest absolute Gasteiger partial charge is 0.298 e. The number of aryl methyl sites for hydroxylation is 2.